The topological polar surface area (TPSA) is 92.8 Å². The zero-order valence-corrected chi connectivity index (χ0v) is 13.8. The van der Waals surface area contributed by atoms with E-state index in [1.807, 2.05) is 0 Å². The average Bonchev–Trinajstić information content (AvgIpc) is 2.42. The van der Waals surface area contributed by atoms with Crippen LogP contribution < -0.4 is 5.32 Å². The van der Waals surface area contributed by atoms with E-state index in [2.05, 4.69) is 10.1 Å². The minimum atomic E-state index is -3.45. The summed E-state index contributed by atoms with van der Waals surface area (Å²) in [4.78, 5) is 24.0. The first kappa shape index (κ1) is 17.9. The Balaban J connectivity index is 2.87. The van der Waals surface area contributed by atoms with Crippen LogP contribution in [0.4, 0.5) is 0 Å². The zero-order chi connectivity index (χ0) is 16.2. The number of carbonyl (C=O) groups excluding carboxylic acids is 2. The minimum Gasteiger partial charge on any atom is -0.467 e. The number of rotatable bonds is 5. The lowest BCUT2D eigenvalue weighted by Gasteiger charge is -2.33. The van der Waals surface area contributed by atoms with Gasteiger partial charge in [-0.05, 0) is 18.8 Å². The van der Waals surface area contributed by atoms with Gasteiger partial charge in [-0.15, -0.1) is 0 Å². The molecule has 2 atom stereocenters. The molecule has 1 amide bonds. The second-order valence-electron chi connectivity index (χ2n) is 5.64. The lowest BCUT2D eigenvalue weighted by Crippen LogP contribution is -2.55. The molecular formula is C13H24N2O5S. The van der Waals surface area contributed by atoms with Crippen molar-refractivity contribution in [1.82, 2.24) is 9.62 Å². The number of esters is 1. The predicted octanol–water partition coefficient (Wildman–Crippen LogP) is 0.114. The maximum absolute atomic E-state index is 12.4. The first-order valence-electron chi connectivity index (χ1n) is 7.03. The third-order valence-electron chi connectivity index (χ3n) is 3.60. The molecule has 21 heavy (non-hydrogen) atoms. The van der Waals surface area contributed by atoms with Gasteiger partial charge in [0.05, 0.1) is 13.4 Å². The Bertz CT molecular complexity index is 489. The highest BCUT2D eigenvalue weighted by Gasteiger charge is 2.36. The van der Waals surface area contributed by atoms with Crippen LogP contribution in [-0.2, 0) is 24.3 Å². The van der Waals surface area contributed by atoms with Gasteiger partial charge in [0.2, 0.25) is 15.9 Å². The van der Waals surface area contributed by atoms with Crippen LogP contribution >= 0.6 is 0 Å². The van der Waals surface area contributed by atoms with Gasteiger partial charge < -0.3 is 10.1 Å². The Kier molecular flexibility index (Phi) is 6.15. The normalized spacial score (nSPS) is 21.9. The number of nitrogens with one attached hydrogen (secondary N) is 1. The van der Waals surface area contributed by atoms with Crippen molar-refractivity contribution < 1.29 is 22.7 Å². The van der Waals surface area contributed by atoms with Crippen LogP contribution in [0.2, 0.25) is 0 Å². The van der Waals surface area contributed by atoms with Gasteiger partial charge in [0, 0.05) is 6.54 Å². The fourth-order valence-electron chi connectivity index (χ4n) is 2.44. The molecule has 0 bridgehead atoms. The molecule has 1 aliphatic rings. The molecule has 0 aromatic heterocycles. The van der Waals surface area contributed by atoms with Gasteiger partial charge in [-0.25, -0.2) is 13.2 Å². The lowest BCUT2D eigenvalue weighted by atomic mass is 10.0. The molecule has 0 aliphatic carbocycles. The van der Waals surface area contributed by atoms with Crippen LogP contribution in [0.1, 0.15) is 33.1 Å². The van der Waals surface area contributed by atoms with Crippen LogP contribution in [-0.4, -0.2) is 56.6 Å². The number of carbonyl (C=O) groups is 2. The molecule has 7 nitrogen and oxygen atoms in total. The van der Waals surface area contributed by atoms with Crippen molar-refractivity contribution in [3.63, 3.8) is 0 Å². The van der Waals surface area contributed by atoms with Crippen LogP contribution in [0, 0.1) is 5.92 Å². The number of sulfonamides is 1. The monoisotopic (exact) mass is 320 g/mol. The second-order valence-corrected chi connectivity index (χ2v) is 7.57. The van der Waals surface area contributed by atoms with E-state index in [9.17, 15) is 18.0 Å². The van der Waals surface area contributed by atoms with E-state index in [4.69, 9.17) is 0 Å². The Labute approximate surface area is 126 Å². The maximum Gasteiger partial charge on any atom is 0.328 e. The van der Waals surface area contributed by atoms with Crippen LogP contribution in [0.25, 0.3) is 0 Å². The van der Waals surface area contributed by atoms with Gasteiger partial charge >= 0.3 is 5.97 Å². The molecule has 1 aliphatic heterocycles. The number of ether oxygens (including phenoxy) is 1. The van der Waals surface area contributed by atoms with Gasteiger partial charge in [-0.1, -0.05) is 20.3 Å². The second kappa shape index (κ2) is 7.22. The van der Waals surface area contributed by atoms with E-state index in [1.54, 1.807) is 13.8 Å². The molecule has 0 saturated carbocycles. The van der Waals surface area contributed by atoms with E-state index in [-0.39, 0.29) is 5.92 Å². The Morgan fingerprint density at radius 2 is 1.90 bits per heavy atom. The minimum absolute atomic E-state index is 0.142. The number of methoxy groups -OCH3 is 1. The molecule has 8 heteroatoms. The summed E-state index contributed by atoms with van der Waals surface area (Å²) in [5.41, 5.74) is 0. The number of amides is 1. The summed E-state index contributed by atoms with van der Waals surface area (Å²) in [5, 5.41) is 2.62. The number of nitrogens with zero attached hydrogens (tertiary/aromatic N) is 1. The van der Waals surface area contributed by atoms with Crippen molar-refractivity contribution in [3.8, 4) is 0 Å². The molecule has 0 spiro atoms. The van der Waals surface area contributed by atoms with E-state index < -0.39 is 34.0 Å². The van der Waals surface area contributed by atoms with E-state index in [0.717, 1.165) is 19.1 Å². The Hall–Kier alpha value is -1.15. The highest BCUT2D eigenvalue weighted by Crippen LogP contribution is 2.20. The van der Waals surface area contributed by atoms with Crippen LogP contribution in [0.3, 0.4) is 0 Å². The van der Waals surface area contributed by atoms with Gasteiger partial charge in [-0.3, -0.25) is 4.79 Å². The average molecular weight is 320 g/mol. The van der Waals surface area contributed by atoms with Crippen molar-refractivity contribution in [2.24, 2.45) is 5.92 Å². The summed E-state index contributed by atoms with van der Waals surface area (Å²) in [7, 11) is -2.19. The molecule has 1 saturated heterocycles. The fraction of sp³-hybridized carbons (Fsp3) is 0.846. The smallest absolute Gasteiger partial charge is 0.328 e. The SMILES string of the molecule is COC(=O)C(NC(=O)C1CCCCN1S(C)(=O)=O)C(C)C. The molecule has 1 N–H and O–H groups in total. The van der Waals surface area contributed by atoms with E-state index in [1.165, 1.54) is 11.4 Å². The van der Waals surface area contributed by atoms with E-state index >= 15 is 0 Å². The standard InChI is InChI=1S/C13H24N2O5S/c1-9(2)11(13(17)20-3)14-12(16)10-7-5-6-8-15(10)21(4,18)19/h9-11H,5-8H2,1-4H3,(H,14,16). The van der Waals surface area contributed by atoms with Gasteiger partial charge in [0.15, 0.2) is 0 Å². The third kappa shape index (κ3) is 4.67. The van der Waals surface area contributed by atoms with Crippen LogP contribution in [0.15, 0.2) is 0 Å². The molecule has 1 rings (SSSR count). The summed E-state index contributed by atoms with van der Waals surface area (Å²) in [6.07, 6.45) is 3.08. The molecule has 1 heterocycles. The summed E-state index contributed by atoms with van der Waals surface area (Å²) in [6, 6.07) is -1.52. The molecule has 122 valence electrons. The molecule has 0 radical (unpaired) electrons. The van der Waals surface area contributed by atoms with Crippen molar-refractivity contribution in [3.05, 3.63) is 0 Å². The van der Waals surface area contributed by atoms with Crippen molar-refractivity contribution in [2.45, 2.75) is 45.2 Å². The largest absolute Gasteiger partial charge is 0.467 e. The summed E-state index contributed by atoms with van der Waals surface area (Å²) >= 11 is 0. The van der Waals surface area contributed by atoms with Gasteiger partial charge in [0.25, 0.3) is 0 Å². The van der Waals surface area contributed by atoms with Crippen LogP contribution in [0.5, 0.6) is 0 Å². The van der Waals surface area contributed by atoms with Gasteiger partial charge in [0.1, 0.15) is 12.1 Å². The molecule has 2 unspecified atom stereocenters. The number of hydrogen-bond acceptors (Lipinski definition) is 5. The first-order valence-corrected chi connectivity index (χ1v) is 8.88. The maximum atomic E-state index is 12.4. The zero-order valence-electron chi connectivity index (χ0n) is 13.0. The van der Waals surface area contributed by atoms with Crippen molar-refractivity contribution in [1.29, 1.82) is 0 Å². The summed E-state index contributed by atoms with van der Waals surface area (Å²) < 4.78 is 29.4. The fourth-order valence-corrected chi connectivity index (χ4v) is 3.56. The first-order chi connectivity index (χ1) is 9.68. The molecule has 0 aromatic carbocycles. The van der Waals surface area contributed by atoms with Gasteiger partial charge in [-0.2, -0.15) is 4.31 Å². The number of piperidine rings is 1. The third-order valence-corrected chi connectivity index (χ3v) is 4.89. The number of hydrogen-bond donors (Lipinski definition) is 1. The Morgan fingerprint density at radius 3 is 2.38 bits per heavy atom. The lowest BCUT2D eigenvalue weighted by molar-refractivity contribution is -0.147. The summed E-state index contributed by atoms with van der Waals surface area (Å²) in [6.45, 7) is 3.91. The molecule has 1 fully saturated rings. The highest BCUT2D eigenvalue weighted by molar-refractivity contribution is 7.88. The van der Waals surface area contributed by atoms with Crippen molar-refractivity contribution >= 4 is 21.9 Å². The highest BCUT2D eigenvalue weighted by atomic mass is 32.2. The predicted molar refractivity (Wildman–Crippen MR) is 78.0 cm³/mol. The Morgan fingerprint density at radius 1 is 1.29 bits per heavy atom. The van der Waals surface area contributed by atoms with E-state index in [0.29, 0.717) is 13.0 Å². The summed E-state index contributed by atoms with van der Waals surface area (Å²) in [5.74, 6) is -1.11. The van der Waals surface area contributed by atoms with Crippen molar-refractivity contribution in [2.75, 3.05) is 19.9 Å². The molecule has 0 aromatic rings. The quantitative estimate of drug-likeness (QED) is 0.726. The molecular weight excluding hydrogens is 296 g/mol.